The molecule has 3 atom stereocenters. The molecule has 2 saturated heterocycles. The SMILES string of the molecule is O=C(C[C@@H]1C[C@H]2CN(Cc3cccnc3)C[C@H]2O1)NCc1ccccn1. The van der Waals surface area contributed by atoms with Gasteiger partial charge in [-0.1, -0.05) is 12.1 Å². The monoisotopic (exact) mass is 352 g/mol. The first-order chi connectivity index (χ1) is 12.8. The lowest BCUT2D eigenvalue weighted by molar-refractivity contribution is -0.124. The number of amides is 1. The van der Waals surface area contributed by atoms with E-state index in [1.54, 1.807) is 12.4 Å². The summed E-state index contributed by atoms with van der Waals surface area (Å²) in [6.45, 7) is 3.36. The van der Waals surface area contributed by atoms with Crippen LogP contribution >= 0.6 is 0 Å². The Morgan fingerprint density at radius 2 is 2.19 bits per heavy atom. The van der Waals surface area contributed by atoms with Crippen molar-refractivity contribution >= 4 is 5.91 Å². The van der Waals surface area contributed by atoms with Gasteiger partial charge in [0, 0.05) is 44.1 Å². The normalized spacial score (nSPS) is 25.2. The number of nitrogens with zero attached hydrogens (tertiary/aromatic N) is 3. The van der Waals surface area contributed by atoms with Gasteiger partial charge in [-0.2, -0.15) is 0 Å². The molecule has 136 valence electrons. The number of hydrogen-bond acceptors (Lipinski definition) is 5. The van der Waals surface area contributed by atoms with E-state index in [1.165, 1.54) is 5.56 Å². The molecule has 6 nitrogen and oxygen atoms in total. The number of aromatic nitrogens is 2. The average molecular weight is 352 g/mol. The number of carbonyl (C=O) groups excluding carboxylic acids is 1. The van der Waals surface area contributed by atoms with E-state index in [1.807, 2.05) is 30.5 Å². The largest absolute Gasteiger partial charge is 0.373 e. The first kappa shape index (κ1) is 17.1. The van der Waals surface area contributed by atoms with Crippen LogP contribution in [0.15, 0.2) is 48.9 Å². The van der Waals surface area contributed by atoms with Crippen molar-refractivity contribution in [1.29, 1.82) is 0 Å². The average Bonchev–Trinajstić information content (AvgIpc) is 3.19. The number of pyridine rings is 2. The van der Waals surface area contributed by atoms with Gasteiger partial charge in [-0.05, 0) is 30.2 Å². The zero-order chi connectivity index (χ0) is 17.8. The predicted molar refractivity (Wildman–Crippen MR) is 97.0 cm³/mol. The van der Waals surface area contributed by atoms with E-state index in [0.717, 1.165) is 31.7 Å². The Labute approximate surface area is 153 Å². The number of carbonyl (C=O) groups is 1. The lowest BCUT2D eigenvalue weighted by atomic mass is 10.0. The topological polar surface area (TPSA) is 67.4 Å². The van der Waals surface area contributed by atoms with E-state index in [2.05, 4.69) is 26.3 Å². The second-order valence-corrected chi connectivity index (χ2v) is 7.15. The van der Waals surface area contributed by atoms with Crippen LogP contribution in [0.5, 0.6) is 0 Å². The van der Waals surface area contributed by atoms with Crippen molar-refractivity contribution in [2.45, 2.75) is 38.1 Å². The van der Waals surface area contributed by atoms with Crippen LogP contribution in [0.25, 0.3) is 0 Å². The van der Waals surface area contributed by atoms with Gasteiger partial charge in [0.15, 0.2) is 0 Å². The molecule has 0 bridgehead atoms. The summed E-state index contributed by atoms with van der Waals surface area (Å²) in [5, 5.41) is 2.93. The molecule has 4 heterocycles. The highest BCUT2D eigenvalue weighted by Crippen LogP contribution is 2.34. The van der Waals surface area contributed by atoms with Crippen LogP contribution in [0.2, 0.25) is 0 Å². The molecule has 26 heavy (non-hydrogen) atoms. The lowest BCUT2D eigenvalue weighted by Crippen LogP contribution is -2.29. The molecule has 2 fully saturated rings. The van der Waals surface area contributed by atoms with Gasteiger partial charge in [0.2, 0.25) is 5.91 Å². The third kappa shape index (κ3) is 4.26. The van der Waals surface area contributed by atoms with Gasteiger partial charge >= 0.3 is 0 Å². The summed E-state index contributed by atoms with van der Waals surface area (Å²) < 4.78 is 6.14. The van der Waals surface area contributed by atoms with Crippen molar-refractivity contribution in [1.82, 2.24) is 20.2 Å². The predicted octanol–water partition coefficient (Wildman–Crippen LogP) is 1.77. The number of likely N-dealkylation sites (tertiary alicyclic amines) is 1. The van der Waals surface area contributed by atoms with Crippen molar-refractivity contribution < 1.29 is 9.53 Å². The van der Waals surface area contributed by atoms with Crippen molar-refractivity contribution in [2.24, 2.45) is 5.92 Å². The van der Waals surface area contributed by atoms with Crippen LogP contribution in [0.1, 0.15) is 24.1 Å². The standard InChI is InChI=1S/C20H24N4O2/c25-20(23-11-17-5-1-2-7-22-17)9-18-8-16-13-24(14-19(16)26-18)12-15-4-3-6-21-10-15/h1-7,10,16,18-19H,8-9,11-14H2,(H,23,25)/t16-,18-,19+/m0/s1. The molecule has 0 radical (unpaired) electrons. The molecule has 0 aliphatic carbocycles. The number of fused-ring (bicyclic) bond motifs is 1. The number of rotatable bonds is 6. The van der Waals surface area contributed by atoms with Gasteiger partial charge in [-0.25, -0.2) is 0 Å². The number of hydrogen-bond donors (Lipinski definition) is 1. The Hall–Kier alpha value is -2.31. The maximum Gasteiger partial charge on any atom is 0.222 e. The third-order valence-corrected chi connectivity index (χ3v) is 5.12. The summed E-state index contributed by atoms with van der Waals surface area (Å²) in [7, 11) is 0. The molecule has 0 saturated carbocycles. The Morgan fingerprint density at radius 1 is 1.23 bits per heavy atom. The molecular formula is C20H24N4O2. The highest BCUT2D eigenvalue weighted by molar-refractivity contribution is 5.76. The van der Waals surface area contributed by atoms with Crippen molar-refractivity contribution in [2.75, 3.05) is 13.1 Å². The van der Waals surface area contributed by atoms with Crippen molar-refractivity contribution in [3.63, 3.8) is 0 Å². The van der Waals surface area contributed by atoms with Gasteiger partial charge in [0.05, 0.1) is 30.9 Å². The molecule has 0 spiro atoms. The van der Waals surface area contributed by atoms with Crippen LogP contribution in [0.4, 0.5) is 0 Å². The Morgan fingerprint density at radius 3 is 2.96 bits per heavy atom. The van der Waals surface area contributed by atoms with E-state index < -0.39 is 0 Å². The van der Waals surface area contributed by atoms with E-state index >= 15 is 0 Å². The molecule has 4 rings (SSSR count). The minimum atomic E-state index is 0.0350. The zero-order valence-electron chi connectivity index (χ0n) is 14.8. The second kappa shape index (κ2) is 7.93. The zero-order valence-corrected chi connectivity index (χ0v) is 14.8. The maximum atomic E-state index is 12.2. The van der Waals surface area contributed by atoms with Crippen molar-refractivity contribution in [3.8, 4) is 0 Å². The molecule has 2 aromatic heterocycles. The smallest absolute Gasteiger partial charge is 0.222 e. The van der Waals surface area contributed by atoms with Gasteiger partial charge in [0.25, 0.3) is 0 Å². The maximum absolute atomic E-state index is 12.2. The molecule has 1 amide bonds. The molecule has 6 heteroatoms. The Kier molecular flexibility index (Phi) is 5.22. The Bertz CT molecular complexity index is 711. The summed E-state index contributed by atoms with van der Waals surface area (Å²) in [6, 6.07) is 9.79. The number of nitrogens with one attached hydrogen (secondary N) is 1. The van der Waals surface area contributed by atoms with E-state index in [-0.39, 0.29) is 18.1 Å². The fourth-order valence-corrected chi connectivity index (χ4v) is 3.93. The first-order valence-corrected chi connectivity index (χ1v) is 9.19. The van der Waals surface area contributed by atoms with Crippen molar-refractivity contribution in [3.05, 3.63) is 60.2 Å². The van der Waals surface area contributed by atoms with Crippen LogP contribution in [0, 0.1) is 5.92 Å². The van der Waals surface area contributed by atoms with E-state index in [9.17, 15) is 4.79 Å². The van der Waals surface area contributed by atoms with Crippen LogP contribution in [-0.4, -0.2) is 46.1 Å². The minimum Gasteiger partial charge on any atom is -0.373 e. The molecule has 0 unspecified atom stereocenters. The van der Waals surface area contributed by atoms with Gasteiger partial charge in [0.1, 0.15) is 0 Å². The number of ether oxygens (including phenoxy) is 1. The summed E-state index contributed by atoms with van der Waals surface area (Å²) in [5.41, 5.74) is 2.11. The molecule has 2 aliphatic rings. The van der Waals surface area contributed by atoms with Gasteiger partial charge < -0.3 is 10.1 Å². The van der Waals surface area contributed by atoms with Gasteiger partial charge in [-0.15, -0.1) is 0 Å². The third-order valence-electron chi connectivity index (χ3n) is 5.12. The fraction of sp³-hybridized carbons (Fsp3) is 0.450. The van der Waals surface area contributed by atoms with E-state index in [0.29, 0.717) is 18.9 Å². The fourth-order valence-electron chi connectivity index (χ4n) is 3.93. The minimum absolute atomic E-state index is 0.0350. The molecule has 1 N–H and O–H groups in total. The molecule has 0 aromatic carbocycles. The lowest BCUT2D eigenvalue weighted by Gasteiger charge is -2.19. The second-order valence-electron chi connectivity index (χ2n) is 7.15. The summed E-state index contributed by atoms with van der Waals surface area (Å²) in [6.07, 6.45) is 7.14. The Balaban J connectivity index is 1.20. The van der Waals surface area contributed by atoms with Crippen LogP contribution in [0.3, 0.4) is 0 Å². The quantitative estimate of drug-likeness (QED) is 0.858. The highest BCUT2D eigenvalue weighted by atomic mass is 16.5. The highest BCUT2D eigenvalue weighted by Gasteiger charge is 2.42. The van der Waals surface area contributed by atoms with Crippen LogP contribution in [-0.2, 0) is 22.6 Å². The molecule has 2 aliphatic heterocycles. The summed E-state index contributed by atoms with van der Waals surface area (Å²) >= 11 is 0. The molecular weight excluding hydrogens is 328 g/mol. The molecule has 2 aromatic rings. The van der Waals surface area contributed by atoms with E-state index in [4.69, 9.17) is 4.74 Å². The summed E-state index contributed by atoms with van der Waals surface area (Å²) in [5.74, 6) is 0.563. The van der Waals surface area contributed by atoms with Gasteiger partial charge in [-0.3, -0.25) is 19.7 Å². The first-order valence-electron chi connectivity index (χ1n) is 9.19. The van der Waals surface area contributed by atoms with Crippen LogP contribution < -0.4 is 5.32 Å². The summed E-state index contributed by atoms with van der Waals surface area (Å²) in [4.78, 5) is 23.0.